The first-order chi connectivity index (χ1) is 15.7. The van der Waals surface area contributed by atoms with Crippen molar-refractivity contribution in [2.75, 3.05) is 0 Å². The number of thioether (sulfide) groups is 1. The first kappa shape index (κ1) is 22.0. The second-order valence-electron chi connectivity index (χ2n) is 7.23. The third-order valence-electron chi connectivity index (χ3n) is 4.97. The lowest BCUT2D eigenvalue weighted by molar-refractivity contribution is -0.384. The number of carbonyl (C=O) groups is 3. The van der Waals surface area contributed by atoms with Gasteiger partial charge in [0.25, 0.3) is 16.8 Å². The molecule has 4 rings (SSSR count). The van der Waals surface area contributed by atoms with E-state index in [1.807, 2.05) is 0 Å². The van der Waals surface area contributed by atoms with E-state index < -0.39 is 22.0 Å². The average Bonchev–Trinajstić information content (AvgIpc) is 3.34. The molecule has 2 aromatic carbocycles. The van der Waals surface area contributed by atoms with Crippen LogP contribution in [-0.4, -0.2) is 32.0 Å². The summed E-state index contributed by atoms with van der Waals surface area (Å²) in [6.45, 7) is 1.69. The van der Waals surface area contributed by atoms with Gasteiger partial charge in [0.2, 0.25) is 0 Å². The van der Waals surface area contributed by atoms with Crippen LogP contribution in [0.3, 0.4) is 0 Å². The van der Waals surface area contributed by atoms with E-state index in [0.717, 1.165) is 16.7 Å². The van der Waals surface area contributed by atoms with Crippen molar-refractivity contribution in [2.45, 2.75) is 13.5 Å². The Morgan fingerprint density at radius 3 is 2.67 bits per heavy atom. The van der Waals surface area contributed by atoms with Gasteiger partial charge in [-0.05, 0) is 54.1 Å². The Kier molecular flexibility index (Phi) is 5.84. The zero-order valence-electron chi connectivity index (χ0n) is 17.2. The van der Waals surface area contributed by atoms with E-state index in [9.17, 15) is 24.5 Å². The van der Waals surface area contributed by atoms with Crippen LogP contribution in [0.5, 0.6) is 0 Å². The number of amides is 2. The highest BCUT2D eigenvalue weighted by Gasteiger charge is 2.35. The van der Waals surface area contributed by atoms with Gasteiger partial charge in [-0.1, -0.05) is 18.2 Å². The van der Waals surface area contributed by atoms with Crippen LogP contribution in [0.1, 0.15) is 27.2 Å². The number of benzene rings is 2. The lowest BCUT2D eigenvalue weighted by atomic mass is 10.0. The maximum absolute atomic E-state index is 12.8. The normalized spacial score (nSPS) is 14.8. The quantitative estimate of drug-likeness (QED) is 0.303. The van der Waals surface area contributed by atoms with Crippen LogP contribution in [0.15, 0.2) is 63.9 Å². The van der Waals surface area contributed by atoms with E-state index in [1.54, 1.807) is 37.3 Å². The largest absolute Gasteiger partial charge is 0.478 e. The van der Waals surface area contributed by atoms with Crippen LogP contribution in [0, 0.1) is 17.0 Å². The van der Waals surface area contributed by atoms with Crippen molar-refractivity contribution in [3.05, 3.63) is 92.1 Å². The number of nitro benzene ring substituents is 1. The van der Waals surface area contributed by atoms with Gasteiger partial charge in [0.15, 0.2) is 0 Å². The fraction of sp³-hybridized carbons (Fsp3) is 0.0870. The zero-order valence-corrected chi connectivity index (χ0v) is 18.0. The Hall–Kier alpha value is -4.18. The zero-order chi connectivity index (χ0) is 23.7. The third kappa shape index (κ3) is 4.55. The van der Waals surface area contributed by atoms with E-state index in [1.165, 1.54) is 30.3 Å². The number of carbonyl (C=O) groups excluding carboxylic acids is 2. The molecule has 1 aromatic heterocycles. The van der Waals surface area contributed by atoms with Gasteiger partial charge in [0.1, 0.15) is 11.5 Å². The van der Waals surface area contributed by atoms with E-state index in [0.29, 0.717) is 28.2 Å². The van der Waals surface area contributed by atoms with E-state index in [-0.39, 0.29) is 22.7 Å². The lowest BCUT2D eigenvalue weighted by Gasteiger charge is -2.12. The molecule has 1 saturated heterocycles. The fourth-order valence-corrected chi connectivity index (χ4v) is 4.18. The van der Waals surface area contributed by atoms with Crippen LogP contribution in [0.2, 0.25) is 0 Å². The molecule has 2 amide bonds. The predicted molar refractivity (Wildman–Crippen MR) is 120 cm³/mol. The van der Waals surface area contributed by atoms with Crippen molar-refractivity contribution in [2.24, 2.45) is 0 Å². The minimum Gasteiger partial charge on any atom is -0.478 e. The molecule has 33 heavy (non-hydrogen) atoms. The maximum atomic E-state index is 12.8. The Balaban J connectivity index is 1.54. The molecule has 0 saturated carbocycles. The van der Waals surface area contributed by atoms with E-state index >= 15 is 0 Å². The van der Waals surface area contributed by atoms with Gasteiger partial charge in [-0.2, -0.15) is 0 Å². The smallest absolute Gasteiger partial charge is 0.335 e. The highest BCUT2D eigenvalue weighted by Crippen LogP contribution is 2.35. The Morgan fingerprint density at radius 2 is 1.97 bits per heavy atom. The summed E-state index contributed by atoms with van der Waals surface area (Å²) in [6.07, 6.45) is 1.46. The fourth-order valence-electron chi connectivity index (χ4n) is 3.36. The van der Waals surface area contributed by atoms with Crippen LogP contribution < -0.4 is 0 Å². The minimum absolute atomic E-state index is 0.0811. The topological polar surface area (TPSA) is 131 Å². The molecule has 2 heterocycles. The highest BCUT2D eigenvalue weighted by molar-refractivity contribution is 8.18. The molecule has 1 aliphatic rings. The molecule has 10 heteroatoms. The molecule has 1 aliphatic heterocycles. The van der Waals surface area contributed by atoms with Crippen LogP contribution in [-0.2, 0) is 11.3 Å². The van der Waals surface area contributed by atoms with Gasteiger partial charge in [-0.15, -0.1) is 0 Å². The molecule has 1 fully saturated rings. The molecule has 0 radical (unpaired) electrons. The van der Waals surface area contributed by atoms with Crippen molar-refractivity contribution in [3.63, 3.8) is 0 Å². The summed E-state index contributed by atoms with van der Waals surface area (Å²) in [4.78, 5) is 47.9. The van der Waals surface area contributed by atoms with Gasteiger partial charge in [0.05, 0.1) is 21.9 Å². The molecular weight excluding hydrogens is 448 g/mol. The van der Waals surface area contributed by atoms with Crippen molar-refractivity contribution < 1.29 is 28.8 Å². The van der Waals surface area contributed by atoms with E-state index in [2.05, 4.69) is 0 Å². The standard InChI is InChI=1S/C23H16N2O7S/c1-13-9-15(22(27)28)5-7-18(13)19-8-6-17(32-19)11-20-21(26)24(23(29)33-20)12-14-3-2-4-16(10-14)25(30)31/h2-11H,12H2,1H3,(H,27,28)/b20-11-. The van der Waals surface area contributed by atoms with Crippen LogP contribution in [0.4, 0.5) is 10.5 Å². The van der Waals surface area contributed by atoms with E-state index in [4.69, 9.17) is 9.52 Å². The third-order valence-corrected chi connectivity index (χ3v) is 5.88. The molecule has 0 bridgehead atoms. The first-order valence-electron chi connectivity index (χ1n) is 9.66. The van der Waals surface area contributed by atoms with Gasteiger partial charge in [-0.3, -0.25) is 24.6 Å². The molecule has 166 valence electrons. The summed E-state index contributed by atoms with van der Waals surface area (Å²) in [5, 5.41) is 19.6. The van der Waals surface area contributed by atoms with Crippen molar-refractivity contribution in [1.29, 1.82) is 0 Å². The van der Waals surface area contributed by atoms with Gasteiger partial charge < -0.3 is 9.52 Å². The second-order valence-corrected chi connectivity index (χ2v) is 8.22. The number of hydrogen-bond donors (Lipinski definition) is 1. The number of hydrogen-bond acceptors (Lipinski definition) is 7. The number of imide groups is 1. The average molecular weight is 464 g/mol. The summed E-state index contributed by atoms with van der Waals surface area (Å²) in [6, 6.07) is 13.8. The molecular formula is C23H16N2O7S. The molecule has 0 unspecified atom stereocenters. The van der Waals surface area contributed by atoms with Crippen molar-refractivity contribution >= 4 is 40.6 Å². The Labute approximate surface area is 191 Å². The summed E-state index contributed by atoms with van der Waals surface area (Å²) >= 11 is 0.759. The lowest BCUT2D eigenvalue weighted by Crippen LogP contribution is -2.27. The number of non-ortho nitro benzene ring substituents is 1. The SMILES string of the molecule is Cc1cc(C(=O)O)ccc1-c1ccc(/C=C2\SC(=O)N(Cc3cccc([N+](=O)[O-])c3)C2=O)o1. The molecule has 1 N–H and O–H groups in total. The van der Waals surface area contributed by atoms with Crippen molar-refractivity contribution in [3.8, 4) is 11.3 Å². The Bertz CT molecular complexity index is 1340. The molecule has 3 aromatic rings. The summed E-state index contributed by atoms with van der Waals surface area (Å²) in [5.41, 5.74) is 1.94. The number of aromatic carboxylic acids is 1. The first-order valence-corrected chi connectivity index (χ1v) is 10.5. The maximum Gasteiger partial charge on any atom is 0.335 e. The van der Waals surface area contributed by atoms with Gasteiger partial charge in [0, 0.05) is 23.8 Å². The number of nitrogens with zero attached hydrogens (tertiary/aromatic N) is 2. The number of carboxylic acid groups (broad SMARTS) is 1. The molecule has 9 nitrogen and oxygen atoms in total. The van der Waals surface area contributed by atoms with Gasteiger partial charge >= 0.3 is 5.97 Å². The molecule has 0 spiro atoms. The number of nitro groups is 1. The van der Waals surface area contributed by atoms with Gasteiger partial charge in [-0.25, -0.2) is 4.79 Å². The summed E-state index contributed by atoms with van der Waals surface area (Å²) in [5.74, 6) is -0.693. The Morgan fingerprint density at radius 1 is 1.18 bits per heavy atom. The van der Waals surface area contributed by atoms with Crippen LogP contribution >= 0.6 is 11.8 Å². The number of rotatable bonds is 6. The minimum atomic E-state index is -1.02. The predicted octanol–water partition coefficient (Wildman–Crippen LogP) is 5.10. The number of furan rings is 1. The van der Waals surface area contributed by atoms with Crippen molar-refractivity contribution in [1.82, 2.24) is 4.90 Å². The highest BCUT2D eigenvalue weighted by atomic mass is 32.2. The van der Waals surface area contributed by atoms with Crippen LogP contribution in [0.25, 0.3) is 17.4 Å². The number of carboxylic acids is 1. The molecule has 0 atom stereocenters. The summed E-state index contributed by atoms with van der Waals surface area (Å²) < 4.78 is 5.80. The molecule has 0 aliphatic carbocycles. The summed E-state index contributed by atoms with van der Waals surface area (Å²) in [7, 11) is 0. The number of aryl methyl sites for hydroxylation is 1. The second kappa shape index (κ2) is 8.75. The monoisotopic (exact) mass is 464 g/mol.